The van der Waals surface area contributed by atoms with E-state index in [0.717, 1.165) is 5.75 Å². The Bertz CT molecular complexity index is 649. The van der Waals surface area contributed by atoms with Crippen molar-refractivity contribution >= 4 is 8.41 Å². The van der Waals surface area contributed by atoms with Gasteiger partial charge in [0.15, 0.2) is 0 Å². The van der Waals surface area contributed by atoms with Gasteiger partial charge >= 0.3 is 0 Å². The van der Waals surface area contributed by atoms with Crippen LogP contribution in [-0.4, -0.2) is 29.7 Å². The minimum absolute atomic E-state index is 0. The van der Waals surface area contributed by atoms with Gasteiger partial charge in [-0.1, -0.05) is 58.0 Å². The summed E-state index contributed by atoms with van der Waals surface area (Å²) in [5, 5.41) is 0. The Labute approximate surface area is 163 Å². The Morgan fingerprint density at radius 2 is 1.12 bits per heavy atom. The van der Waals surface area contributed by atoms with E-state index in [0.29, 0.717) is 0 Å². The number of hydrogen-bond donors (Lipinski definition) is 0. The summed E-state index contributed by atoms with van der Waals surface area (Å²) in [5.74, 6) is 0.949. The molecule has 0 aliphatic rings. The maximum Gasteiger partial charge on any atom is 0.121 e. The van der Waals surface area contributed by atoms with Crippen LogP contribution in [0.4, 0.5) is 0 Å². The second kappa shape index (κ2) is 12.6. The van der Waals surface area contributed by atoms with E-state index >= 15 is 0 Å². The van der Waals surface area contributed by atoms with Crippen molar-refractivity contribution in [1.82, 2.24) is 0 Å². The van der Waals surface area contributed by atoms with Gasteiger partial charge in [0.25, 0.3) is 0 Å². The molecule has 0 bridgehead atoms. The van der Waals surface area contributed by atoms with E-state index in [2.05, 4.69) is 75.8 Å². The van der Waals surface area contributed by atoms with Crippen molar-refractivity contribution in [2.24, 2.45) is 0 Å². The van der Waals surface area contributed by atoms with Crippen LogP contribution in [0.3, 0.4) is 0 Å². The second-order valence-corrected chi connectivity index (χ2v) is 6.52. The van der Waals surface area contributed by atoms with Gasteiger partial charge in [-0.3, -0.25) is 0 Å². The van der Waals surface area contributed by atoms with Crippen molar-refractivity contribution in [2.75, 3.05) is 21.3 Å². The summed E-state index contributed by atoms with van der Waals surface area (Å²) >= 11 is 0. The molecule has 0 aliphatic heterocycles. The summed E-state index contributed by atoms with van der Waals surface area (Å²) in [4.78, 5) is 0. The molecule has 0 atom stereocenters. The fourth-order valence-electron chi connectivity index (χ4n) is 2.56. The Balaban J connectivity index is 0. The molecule has 0 aliphatic carbocycles. The highest BCUT2D eigenvalue weighted by molar-refractivity contribution is 5.75. The van der Waals surface area contributed by atoms with E-state index in [1.54, 1.807) is 21.3 Å². The smallest absolute Gasteiger partial charge is 0.121 e. The van der Waals surface area contributed by atoms with Crippen molar-refractivity contribution < 1.29 is 9.47 Å². The highest BCUT2D eigenvalue weighted by atomic mass is 16.5. The minimum atomic E-state index is -0.00447. The normalized spacial score (nSPS) is 9.77. The number of ether oxygens (including phenoxy) is 2. The van der Waals surface area contributed by atoms with E-state index in [1.807, 2.05) is 13.8 Å². The third-order valence-electron chi connectivity index (χ3n) is 4.35. The van der Waals surface area contributed by atoms with Crippen LogP contribution < -0.4 is 4.74 Å². The van der Waals surface area contributed by atoms with Gasteiger partial charge in [-0.05, 0) is 54.7 Å². The molecule has 0 N–H and O–H groups in total. The van der Waals surface area contributed by atoms with E-state index in [-0.39, 0.29) is 13.8 Å². The number of benzene rings is 2. The SMILES string of the molecule is CC.COC.COc1ccc(C(C)(C)c2ccc(C)c(C)c2)cc1C.[B]. The fraction of sp³-hybridized carbons (Fsp3) is 0.478. The van der Waals surface area contributed by atoms with Gasteiger partial charge < -0.3 is 9.47 Å². The zero-order valence-corrected chi connectivity index (χ0v) is 18.4. The monoisotopic (exact) mass is 355 g/mol. The van der Waals surface area contributed by atoms with E-state index in [4.69, 9.17) is 4.74 Å². The van der Waals surface area contributed by atoms with Crippen molar-refractivity contribution in [3.63, 3.8) is 0 Å². The molecular weight excluding hydrogens is 319 g/mol. The van der Waals surface area contributed by atoms with Crippen LogP contribution in [0.1, 0.15) is 55.5 Å². The highest BCUT2D eigenvalue weighted by Gasteiger charge is 2.24. The van der Waals surface area contributed by atoms with Crippen molar-refractivity contribution in [3.8, 4) is 5.75 Å². The predicted octanol–water partition coefficient (Wildman–Crippen LogP) is 5.85. The molecular formula is C23H36BO2. The lowest BCUT2D eigenvalue weighted by Gasteiger charge is -2.27. The summed E-state index contributed by atoms with van der Waals surface area (Å²) in [5.41, 5.74) is 6.54. The molecule has 0 unspecified atom stereocenters. The molecule has 143 valence electrons. The molecule has 2 aromatic carbocycles. The number of hydrogen-bond acceptors (Lipinski definition) is 2. The van der Waals surface area contributed by atoms with Gasteiger partial charge in [-0.25, -0.2) is 0 Å². The molecule has 3 radical (unpaired) electrons. The quantitative estimate of drug-likeness (QED) is 0.643. The zero-order chi connectivity index (χ0) is 19.6. The van der Waals surface area contributed by atoms with Gasteiger partial charge in [0, 0.05) is 28.0 Å². The summed E-state index contributed by atoms with van der Waals surface area (Å²) in [6, 6.07) is 13.2. The Hall–Kier alpha value is -1.74. The maximum absolute atomic E-state index is 5.35. The van der Waals surface area contributed by atoms with E-state index in [9.17, 15) is 0 Å². The third-order valence-corrected chi connectivity index (χ3v) is 4.35. The van der Waals surface area contributed by atoms with Crippen LogP contribution in [-0.2, 0) is 10.2 Å². The van der Waals surface area contributed by atoms with Gasteiger partial charge in [0.1, 0.15) is 5.75 Å². The van der Waals surface area contributed by atoms with Crippen LogP contribution in [0.15, 0.2) is 36.4 Å². The molecule has 0 heterocycles. The first-order chi connectivity index (χ1) is 11.8. The molecule has 2 aromatic rings. The van der Waals surface area contributed by atoms with Crippen LogP contribution in [0.25, 0.3) is 0 Å². The number of aryl methyl sites for hydroxylation is 3. The lowest BCUT2D eigenvalue weighted by atomic mass is 9.77. The van der Waals surface area contributed by atoms with Crippen molar-refractivity contribution in [1.29, 1.82) is 0 Å². The Morgan fingerprint density at radius 1 is 0.692 bits per heavy atom. The first-order valence-electron chi connectivity index (χ1n) is 8.90. The molecule has 2 nitrogen and oxygen atoms in total. The molecule has 0 saturated heterocycles. The summed E-state index contributed by atoms with van der Waals surface area (Å²) < 4.78 is 9.60. The number of methoxy groups -OCH3 is 2. The summed E-state index contributed by atoms with van der Waals surface area (Å²) in [6.45, 7) is 15.0. The minimum Gasteiger partial charge on any atom is -0.496 e. The molecule has 26 heavy (non-hydrogen) atoms. The summed E-state index contributed by atoms with van der Waals surface area (Å²) in [7, 11) is 4.97. The zero-order valence-electron chi connectivity index (χ0n) is 18.4. The first kappa shape index (κ1) is 26.5. The maximum atomic E-state index is 5.35. The van der Waals surface area contributed by atoms with Gasteiger partial charge in [0.05, 0.1) is 7.11 Å². The molecule has 3 heteroatoms. The lowest BCUT2D eigenvalue weighted by Crippen LogP contribution is -2.19. The van der Waals surface area contributed by atoms with Crippen LogP contribution in [0.5, 0.6) is 5.75 Å². The standard InChI is InChI=1S/C19H24O.C2H6O.C2H6.B/c1-13-7-8-16(11-14(13)2)19(4,5)17-9-10-18(20-6)15(3)12-17;1-3-2;1-2;/h7-12H,1-6H3;1-2H3;1-2H3;. The van der Waals surface area contributed by atoms with E-state index < -0.39 is 0 Å². The Kier molecular flexibility index (Phi) is 12.8. The van der Waals surface area contributed by atoms with Crippen LogP contribution in [0.2, 0.25) is 0 Å². The average Bonchev–Trinajstić information content (AvgIpc) is 2.59. The van der Waals surface area contributed by atoms with Crippen LogP contribution >= 0.6 is 0 Å². The largest absolute Gasteiger partial charge is 0.496 e. The summed E-state index contributed by atoms with van der Waals surface area (Å²) in [6.07, 6.45) is 0. The van der Waals surface area contributed by atoms with E-state index in [1.165, 1.54) is 27.8 Å². The lowest BCUT2D eigenvalue weighted by molar-refractivity contribution is 0.277. The fourth-order valence-corrected chi connectivity index (χ4v) is 2.56. The number of rotatable bonds is 3. The van der Waals surface area contributed by atoms with Gasteiger partial charge in [-0.15, -0.1) is 0 Å². The molecule has 0 saturated carbocycles. The van der Waals surface area contributed by atoms with Crippen molar-refractivity contribution in [2.45, 2.75) is 53.9 Å². The van der Waals surface area contributed by atoms with Gasteiger partial charge in [0.2, 0.25) is 0 Å². The third kappa shape index (κ3) is 6.88. The Morgan fingerprint density at radius 3 is 1.50 bits per heavy atom. The molecule has 0 fully saturated rings. The molecule has 0 aromatic heterocycles. The molecule has 2 rings (SSSR count). The predicted molar refractivity (Wildman–Crippen MR) is 116 cm³/mol. The average molecular weight is 355 g/mol. The van der Waals surface area contributed by atoms with Gasteiger partial charge in [-0.2, -0.15) is 0 Å². The molecule has 0 spiro atoms. The van der Waals surface area contributed by atoms with Crippen molar-refractivity contribution in [3.05, 3.63) is 64.2 Å². The highest BCUT2D eigenvalue weighted by Crippen LogP contribution is 2.34. The second-order valence-electron chi connectivity index (χ2n) is 6.52. The molecule has 0 amide bonds. The van der Waals surface area contributed by atoms with Crippen LogP contribution in [0, 0.1) is 20.8 Å². The topological polar surface area (TPSA) is 18.5 Å². The first-order valence-corrected chi connectivity index (χ1v) is 8.90.